The van der Waals surface area contributed by atoms with E-state index in [1.807, 2.05) is 42.6 Å². The van der Waals surface area contributed by atoms with Gasteiger partial charge in [-0.2, -0.15) is 0 Å². The molecule has 0 unspecified atom stereocenters. The Hall–Kier alpha value is -3.59. The van der Waals surface area contributed by atoms with Crippen molar-refractivity contribution in [3.05, 3.63) is 114 Å². The van der Waals surface area contributed by atoms with Gasteiger partial charge in [0.1, 0.15) is 5.75 Å². The fourth-order valence-electron chi connectivity index (χ4n) is 3.58. The van der Waals surface area contributed by atoms with Crippen molar-refractivity contribution in [3.63, 3.8) is 0 Å². The van der Waals surface area contributed by atoms with Gasteiger partial charge in [0.25, 0.3) is 0 Å². The summed E-state index contributed by atoms with van der Waals surface area (Å²) in [4.78, 5) is 4.60. The van der Waals surface area contributed by atoms with E-state index in [1.54, 1.807) is 7.11 Å². The van der Waals surface area contributed by atoms with Crippen molar-refractivity contribution < 1.29 is 4.74 Å². The Kier molecular flexibility index (Phi) is 5.87. The molecule has 0 fully saturated rings. The molecule has 0 amide bonds. The fraction of sp³-hybridized carbons (Fsp3) is 0.115. The lowest BCUT2D eigenvalue weighted by Gasteiger charge is -2.23. The Morgan fingerprint density at radius 2 is 1.55 bits per heavy atom. The highest BCUT2D eigenvalue weighted by molar-refractivity contribution is 5.67. The first-order chi connectivity index (χ1) is 14.3. The summed E-state index contributed by atoms with van der Waals surface area (Å²) in [6.45, 7) is 0.765. The zero-order valence-electron chi connectivity index (χ0n) is 16.5. The maximum absolute atomic E-state index is 5.55. The Balaban J connectivity index is 1.79. The number of para-hydroxylation sites is 1. The monoisotopic (exact) mass is 380 g/mol. The molecule has 0 aliphatic rings. The minimum Gasteiger partial charge on any atom is -0.497 e. The molecule has 3 heteroatoms. The van der Waals surface area contributed by atoms with Crippen molar-refractivity contribution in [2.75, 3.05) is 19.0 Å². The van der Waals surface area contributed by atoms with Crippen molar-refractivity contribution in [3.8, 4) is 17.0 Å². The van der Waals surface area contributed by atoms with Crippen LogP contribution in [0.2, 0.25) is 0 Å². The van der Waals surface area contributed by atoms with Gasteiger partial charge < -0.3 is 10.1 Å². The van der Waals surface area contributed by atoms with E-state index in [9.17, 15) is 0 Å². The molecule has 0 aliphatic heterocycles. The van der Waals surface area contributed by atoms with Gasteiger partial charge in [0.2, 0.25) is 0 Å². The van der Waals surface area contributed by atoms with Crippen LogP contribution in [0.3, 0.4) is 0 Å². The van der Waals surface area contributed by atoms with Gasteiger partial charge in [-0.15, -0.1) is 0 Å². The zero-order chi connectivity index (χ0) is 19.9. The summed E-state index contributed by atoms with van der Waals surface area (Å²) < 4.78 is 5.55. The lowest BCUT2D eigenvalue weighted by Crippen LogP contribution is -2.15. The van der Waals surface area contributed by atoms with Crippen LogP contribution in [0.25, 0.3) is 11.3 Å². The third-order valence-corrected chi connectivity index (χ3v) is 5.06. The van der Waals surface area contributed by atoms with E-state index < -0.39 is 0 Å². The maximum atomic E-state index is 5.55. The van der Waals surface area contributed by atoms with E-state index in [0.717, 1.165) is 29.2 Å². The molecular formula is C26H24N2O. The molecule has 0 aliphatic carbocycles. The van der Waals surface area contributed by atoms with E-state index in [4.69, 9.17) is 4.74 Å². The standard InChI is InChI=1S/C26H24N2O/c1-29-22-15-16-23(26-14-8-9-17-27-26)24(18-22)25(20-10-4-2-5-11-20)19-28-21-12-6-3-7-13-21/h2-18,25,28H,19H2,1H3/t25-/m0/s1. The first-order valence-electron chi connectivity index (χ1n) is 9.78. The van der Waals surface area contributed by atoms with Crippen molar-refractivity contribution in [1.29, 1.82) is 0 Å². The first-order valence-corrected chi connectivity index (χ1v) is 9.78. The third-order valence-electron chi connectivity index (χ3n) is 5.06. The number of rotatable bonds is 7. The molecular weight excluding hydrogens is 356 g/mol. The number of hydrogen-bond acceptors (Lipinski definition) is 3. The number of hydrogen-bond donors (Lipinski definition) is 1. The quantitative estimate of drug-likeness (QED) is 0.427. The molecule has 0 radical (unpaired) electrons. The lowest BCUT2D eigenvalue weighted by molar-refractivity contribution is 0.414. The molecule has 3 nitrogen and oxygen atoms in total. The second-order valence-electron chi connectivity index (χ2n) is 6.88. The molecule has 144 valence electrons. The first kappa shape index (κ1) is 18.8. The average molecular weight is 380 g/mol. The number of nitrogens with one attached hydrogen (secondary N) is 1. The number of benzene rings is 3. The number of pyridine rings is 1. The van der Waals surface area contributed by atoms with Crippen molar-refractivity contribution in [2.24, 2.45) is 0 Å². The molecule has 0 saturated heterocycles. The van der Waals surface area contributed by atoms with Crippen LogP contribution in [0, 0.1) is 0 Å². The predicted octanol–water partition coefficient (Wildman–Crippen LogP) is 6.00. The molecule has 1 N–H and O–H groups in total. The van der Waals surface area contributed by atoms with Gasteiger partial charge in [-0.1, -0.05) is 54.6 Å². The van der Waals surface area contributed by atoms with Crippen LogP contribution >= 0.6 is 0 Å². The van der Waals surface area contributed by atoms with Gasteiger partial charge >= 0.3 is 0 Å². The Bertz CT molecular complexity index is 1030. The van der Waals surface area contributed by atoms with Gasteiger partial charge in [0, 0.05) is 29.9 Å². The summed E-state index contributed by atoms with van der Waals surface area (Å²) in [5.74, 6) is 0.990. The minimum atomic E-state index is 0.142. The Labute approximate surface area is 172 Å². The molecule has 0 spiro atoms. The van der Waals surface area contributed by atoms with E-state index in [-0.39, 0.29) is 5.92 Å². The van der Waals surface area contributed by atoms with E-state index in [0.29, 0.717) is 0 Å². The fourth-order valence-corrected chi connectivity index (χ4v) is 3.58. The number of anilines is 1. The van der Waals surface area contributed by atoms with Gasteiger partial charge in [0.15, 0.2) is 0 Å². The predicted molar refractivity (Wildman–Crippen MR) is 119 cm³/mol. The molecule has 0 bridgehead atoms. The summed E-state index contributed by atoms with van der Waals surface area (Å²) in [5.41, 5.74) is 5.63. The molecule has 4 rings (SSSR count). The Morgan fingerprint density at radius 1 is 0.828 bits per heavy atom. The van der Waals surface area contributed by atoms with Crippen LogP contribution < -0.4 is 10.1 Å². The highest BCUT2D eigenvalue weighted by Crippen LogP contribution is 2.35. The lowest BCUT2D eigenvalue weighted by atomic mass is 9.86. The highest BCUT2D eigenvalue weighted by atomic mass is 16.5. The topological polar surface area (TPSA) is 34.1 Å². The van der Waals surface area contributed by atoms with Crippen LogP contribution in [0.15, 0.2) is 103 Å². The van der Waals surface area contributed by atoms with E-state index >= 15 is 0 Å². The summed E-state index contributed by atoms with van der Waals surface area (Å²) in [5, 5.41) is 3.60. The van der Waals surface area contributed by atoms with Crippen molar-refractivity contribution >= 4 is 5.69 Å². The van der Waals surface area contributed by atoms with Gasteiger partial charge in [-0.3, -0.25) is 4.98 Å². The number of ether oxygens (including phenoxy) is 1. The molecule has 3 aromatic carbocycles. The van der Waals surface area contributed by atoms with Crippen LogP contribution in [0.5, 0.6) is 5.75 Å². The van der Waals surface area contributed by atoms with E-state index in [1.165, 1.54) is 11.1 Å². The normalized spacial score (nSPS) is 11.6. The van der Waals surface area contributed by atoms with Crippen molar-refractivity contribution in [1.82, 2.24) is 4.98 Å². The van der Waals surface area contributed by atoms with Crippen LogP contribution in [-0.2, 0) is 0 Å². The molecule has 1 aromatic heterocycles. The zero-order valence-corrected chi connectivity index (χ0v) is 16.5. The van der Waals surface area contributed by atoms with Crippen LogP contribution in [0.1, 0.15) is 17.0 Å². The molecule has 1 heterocycles. The van der Waals surface area contributed by atoms with Crippen molar-refractivity contribution in [2.45, 2.75) is 5.92 Å². The Morgan fingerprint density at radius 3 is 2.24 bits per heavy atom. The van der Waals surface area contributed by atoms with Gasteiger partial charge in [-0.25, -0.2) is 0 Å². The maximum Gasteiger partial charge on any atom is 0.119 e. The largest absolute Gasteiger partial charge is 0.497 e. The minimum absolute atomic E-state index is 0.142. The van der Waals surface area contributed by atoms with Crippen LogP contribution in [0.4, 0.5) is 5.69 Å². The van der Waals surface area contributed by atoms with E-state index in [2.05, 4.69) is 71.0 Å². The average Bonchev–Trinajstić information content (AvgIpc) is 2.81. The third kappa shape index (κ3) is 4.46. The van der Waals surface area contributed by atoms with Gasteiger partial charge in [-0.05, 0) is 53.6 Å². The SMILES string of the molecule is COc1ccc(-c2ccccn2)c([C@@H](CNc2ccccc2)c2ccccc2)c1. The summed E-state index contributed by atoms with van der Waals surface area (Å²) >= 11 is 0. The molecule has 4 aromatic rings. The number of methoxy groups -OCH3 is 1. The van der Waals surface area contributed by atoms with Gasteiger partial charge in [0.05, 0.1) is 12.8 Å². The van der Waals surface area contributed by atoms with Crippen LogP contribution in [-0.4, -0.2) is 18.6 Å². The summed E-state index contributed by atoms with van der Waals surface area (Å²) in [7, 11) is 1.71. The molecule has 1 atom stereocenters. The molecule has 29 heavy (non-hydrogen) atoms. The number of aromatic nitrogens is 1. The smallest absolute Gasteiger partial charge is 0.119 e. The second-order valence-corrected chi connectivity index (χ2v) is 6.88. The summed E-state index contributed by atoms with van der Waals surface area (Å²) in [6, 6.07) is 33.2. The summed E-state index contributed by atoms with van der Waals surface area (Å²) in [6.07, 6.45) is 1.84. The number of nitrogens with zero attached hydrogens (tertiary/aromatic N) is 1. The highest BCUT2D eigenvalue weighted by Gasteiger charge is 2.20. The second kappa shape index (κ2) is 9.07. The molecule has 0 saturated carbocycles.